The molecule has 0 atom stereocenters. The molecule has 1 N–H and O–H groups in total. The Morgan fingerprint density at radius 1 is 1.50 bits per heavy atom. The molecule has 0 saturated carbocycles. The maximum atomic E-state index is 9.03. The molecule has 0 aliphatic carbocycles. The lowest BCUT2D eigenvalue weighted by molar-refractivity contribution is 0.432. The van der Waals surface area contributed by atoms with Crippen molar-refractivity contribution in [1.82, 2.24) is 0 Å². The van der Waals surface area contributed by atoms with Crippen LogP contribution < -0.4 is 0 Å². The van der Waals surface area contributed by atoms with Crippen molar-refractivity contribution in [3.05, 3.63) is 36.1 Å². The number of allylic oxidation sites excluding steroid dienone is 5. The molecule has 0 aromatic heterocycles. The Hall–Kier alpha value is -0.980. The zero-order valence-corrected chi connectivity index (χ0v) is 6.54. The average Bonchev–Trinajstić information content (AvgIpc) is 1.97. The van der Waals surface area contributed by atoms with Gasteiger partial charge in [-0.05, 0) is 25.5 Å². The first-order valence-electron chi connectivity index (χ1n) is 3.49. The van der Waals surface area contributed by atoms with Gasteiger partial charge in [-0.3, -0.25) is 0 Å². The molecule has 0 unspecified atom stereocenters. The van der Waals surface area contributed by atoms with Gasteiger partial charge < -0.3 is 5.11 Å². The van der Waals surface area contributed by atoms with Crippen molar-refractivity contribution in [2.24, 2.45) is 0 Å². The Morgan fingerprint density at radius 2 is 2.20 bits per heavy atom. The minimum atomic E-state index is 0.306. The predicted octanol–water partition coefficient (Wildman–Crippen LogP) is 2.97. The van der Waals surface area contributed by atoms with Gasteiger partial charge in [-0.15, -0.1) is 0 Å². The molecule has 0 aliphatic heterocycles. The maximum Gasteiger partial charge on any atom is 0.115 e. The van der Waals surface area contributed by atoms with Gasteiger partial charge in [-0.2, -0.15) is 0 Å². The molecule has 0 aliphatic rings. The smallest absolute Gasteiger partial charge is 0.115 e. The Kier molecular flexibility index (Phi) is 5.54. The maximum absolute atomic E-state index is 9.03. The monoisotopic (exact) mass is 138 g/mol. The van der Waals surface area contributed by atoms with Crippen molar-refractivity contribution in [2.45, 2.75) is 20.3 Å². The van der Waals surface area contributed by atoms with Gasteiger partial charge in [0, 0.05) is 0 Å². The Labute approximate surface area is 62.4 Å². The Balaban J connectivity index is 3.81. The Bertz CT molecular complexity index is 152. The van der Waals surface area contributed by atoms with Crippen LogP contribution in [0.4, 0.5) is 0 Å². The summed E-state index contributed by atoms with van der Waals surface area (Å²) >= 11 is 0. The van der Waals surface area contributed by atoms with E-state index in [-0.39, 0.29) is 0 Å². The van der Waals surface area contributed by atoms with Crippen LogP contribution in [-0.4, -0.2) is 5.11 Å². The van der Waals surface area contributed by atoms with Gasteiger partial charge in [0.05, 0.1) is 0 Å². The van der Waals surface area contributed by atoms with Crippen LogP contribution in [0.15, 0.2) is 36.1 Å². The fourth-order valence-corrected chi connectivity index (χ4v) is 0.489. The number of hydrogen-bond acceptors (Lipinski definition) is 1. The minimum Gasteiger partial charge on any atom is -0.508 e. The number of aliphatic hydroxyl groups excluding tert-OH is 1. The fourth-order valence-electron chi connectivity index (χ4n) is 0.489. The summed E-state index contributed by atoms with van der Waals surface area (Å²) < 4.78 is 0. The van der Waals surface area contributed by atoms with Crippen LogP contribution in [0.2, 0.25) is 0 Å². The SMILES string of the molecule is C\C=C/C=C(O)\C=C/CC. The van der Waals surface area contributed by atoms with Gasteiger partial charge in [0.2, 0.25) is 0 Å². The van der Waals surface area contributed by atoms with E-state index in [9.17, 15) is 0 Å². The first-order valence-corrected chi connectivity index (χ1v) is 3.49. The van der Waals surface area contributed by atoms with E-state index in [0.29, 0.717) is 5.76 Å². The molecule has 0 amide bonds. The molecule has 0 fully saturated rings. The molecule has 0 radical (unpaired) electrons. The molecule has 0 bridgehead atoms. The molecule has 56 valence electrons. The van der Waals surface area contributed by atoms with E-state index in [1.54, 1.807) is 18.2 Å². The van der Waals surface area contributed by atoms with Gasteiger partial charge >= 0.3 is 0 Å². The summed E-state index contributed by atoms with van der Waals surface area (Å²) in [6.45, 7) is 3.94. The largest absolute Gasteiger partial charge is 0.508 e. The second-order valence-electron chi connectivity index (χ2n) is 1.93. The molecule has 0 saturated heterocycles. The highest BCUT2D eigenvalue weighted by Gasteiger charge is 1.77. The van der Waals surface area contributed by atoms with E-state index in [4.69, 9.17) is 5.11 Å². The van der Waals surface area contributed by atoms with Crippen LogP contribution in [0.25, 0.3) is 0 Å². The fraction of sp³-hybridized carbons (Fsp3) is 0.333. The zero-order valence-electron chi connectivity index (χ0n) is 6.54. The van der Waals surface area contributed by atoms with Gasteiger partial charge in [0.1, 0.15) is 5.76 Å². The van der Waals surface area contributed by atoms with Crippen molar-refractivity contribution in [2.75, 3.05) is 0 Å². The second-order valence-corrected chi connectivity index (χ2v) is 1.93. The lowest BCUT2D eigenvalue weighted by atomic mass is 10.3. The molecular formula is C9H14O. The average molecular weight is 138 g/mol. The van der Waals surface area contributed by atoms with Crippen molar-refractivity contribution >= 4 is 0 Å². The van der Waals surface area contributed by atoms with Crippen molar-refractivity contribution < 1.29 is 5.11 Å². The van der Waals surface area contributed by atoms with E-state index < -0.39 is 0 Å². The summed E-state index contributed by atoms with van der Waals surface area (Å²) in [4.78, 5) is 0. The summed E-state index contributed by atoms with van der Waals surface area (Å²) in [5, 5.41) is 9.03. The summed E-state index contributed by atoms with van der Waals surface area (Å²) in [5.41, 5.74) is 0. The van der Waals surface area contributed by atoms with Crippen LogP contribution in [0.3, 0.4) is 0 Å². The Morgan fingerprint density at radius 3 is 2.70 bits per heavy atom. The topological polar surface area (TPSA) is 20.2 Å². The quantitative estimate of drug-likeness (QED) is 0.469. The lowest BCUT2D eigenvalue weighted by Gasteiger charge is -1.85. The predicted molar refractivity (Wildman–Crippen MR) is 45.0 cm³/mol. The van der Waals surface area contributed by atoms with Crippen molar-refractivity contribution in [3.63, 3.8) is 0 Å². The first kappa shape index (κ1) is 9.02. The van der Waals surface area contributed by atoms with Crippen LogP contribution in [0, 0.1) is 0 Å². The lowest BCUT2D eigenvalue weighted by Crippen LogP contribution is -1.70. The molecule has 0 aromatic rings. The molecule has 10 heavy (non-hydrogen) atoms. The summed E-state index contributed by atoms with van der Waals surface area (Å²) in [6, 6.07) is 0. The summed E-state index contributed by atoms with van der Waals surface area (Å²) in [6.07, 6.45) is 9.89. The number of hydrogen-bond donors (Lipinski definition) is 1. The summed E-state index contributed by atoms with van der Waals surface area (Å²) in [7, 11) is 0. The number of rotatable bonds is 3. The third kappa shape index (κ3) is 5.16. The number of aliphatic hydroxyl groups is 1. The van der Waals surface area contributed by atoms with E-state index in [1.807, 2.05) is 26.0 Å². The van der Waals surface area contributed by atoms with E-state index in [2.05, 4.69) is 0 Å². The first-order chi connectivity index (χ1) is 4.81. The van der Waals surface area contributed by atoms with E-state index >= 15 is 0 Å². The van der Waals surface area contributed by atoms with Gasteiger partial charge in [-0.1, -0.05) is 25.2 Å². The van der Waals surface area contributed by atoms with Gasteiger partial charge in [-0.25, -0.2) is 0 Å². The van der Waals surface area contributed by atoms with Crippen LogP contribution in [-0.2, 0) is 0 Å². The second kappa shape index (κ2) is 6.14. The highest BCUT2D eigenvalue weighted by molar-refractivity contribution is 5.16. The van der Waals surface area contributed by atoms with E-state index in [0.717, 1.165) is 6.42 Å². The standard InChI is InChI=1S/C9H14O/c1-3-5-7-9(10)8-6-4-2/h3,5-8,10H,4H2,1-2H3/b5-3-,8-6-,9-7+. The molecule has 0 aromatic carbocycles. The van der Waals surface area contributed by atoms with Crippen LogP contribution >= 0.6 is 0 Å². The molecule has 1 heteroatoms. The van der Waals surface area contributed by atoms with Crippen LogP contribution in [0.1, 0.15) is 20.3 Å². The van der Waals surface area contributed by atoms with Gasteiger partial charge in [0.15, 0.2) is 0 Å². The van der Waals surface area contributed by atoms with E-state index in [1.165, 1.54) is 0 Å². The highest BCUT2D eigenvalue weighted by Crippen LogP contribution is 1.92. The molecule has 0 rings (SSSR count). The highest BCUT2D eigenvalue weighted by atomic mass is 16.3. The van der Waals surface area contributed by atoms with Crippen LogP contribution in [0.5, 0.6) is 0 Å². The minimum absolute atomic E-state index is 0.306. The van der Waals surface area contributed by atoms with Gasteiger partial charge in [0.25, 0.3) is 0 Å². The normalized spacial score (nSPS) is 13.6. The van der Waals surface area contributed by atoms with Crippen molar-refractivity contribution in [3.8, 4) is 0 Å². The molecular weight excluding hydrogens is 124 g/mol. The third-order valence-corrected chi connectivity index (χ3v) is 0.984. The zero-order chi connectivity index (χ0) is 7.82. The van der Waals surface area contributed by atoms with Crippen molar-refractivity contribution in [1.29, 1.82) is 0 Å². The summed E-state index contributed by atoms with van der Waals surface area (Å²) in [5.74, 6) is 0.306. The molecule has 1 nitrogen and oxygen atoms in total. The third-order valence-electron chi connectivity index (χ3n) is 0.984. The molecule has 0 heterocycles. The molecule has 0 spiro atoms.